The van der Waals surface area contributed by atoms with Gasteiger partial charge in [-0.2, -0.15) is 0 Å². The standard InChI is InChI=1S/C35H51N3O6/c1-11-23(3)38(31(40)24(4)36-33(42)44-35(8,9)10)29(27-20-18-25(12-2)19-21-27)30(39)37-28(32(41)43-34(5,6)7)22-26-16-14-13-15-17-26/h13-21,23-24,28-29H,11-12,22H2,1-10H3,(H,36,42)(H,37,39). The van der Waals surface area contributed by atoms with Gasteiger partial charge in [-0.05, 0) is 84.9 Å². The van der Waals surface area contributed by atoms with Crippen molar-refractivity contribution in [1.29, 1.82) is 0 Å². The number of carbonyl (C=O) groups is 4. The molecule has 0 aliphatic rings. The van der Waals surface area contributed by atoms with Crippen molar-refractivity contribution in [3.63, 3.8) is 0 Å². The molecule has 0 aliphatic heterocycles. The Hall–Kier alpha value is -3.88. The Bertz CT molecular complexity index is 1250. The van der Waals surface area contributed by atoms with Crippen molar-refractivity contribution in [2.75, 3.05) is 0 Å². The molecule has 44 heavy (non-hydrogen) atoms. The highest BCUT2D eigenvalue weighted by molar-refractivity contribution is 5.94. The summed E-state index contributed by atoms with van der Waals surface area (Å²) in [6.45, 7) is 17.9. The highest BCUT2D eigenvalue weighted by Gasteiger charge is 2.39. The summed E-state index contributed by atoms with van der Waals surface area (Å²) in [5, 5.41) is 5.54. The molecule has 0 saturated carbocycles. The topological polar surface area (TPSA) is 114 Å². The van der Waals surface area contributed by atoms with Crippen LogP contribution in [0.4, 0.5) is 4.79 Å². The van der Waals surface area contributed by atoms with E-state index in [-0.39, 0.29) is 12.5 Å². The number of aryl methyl sites for hydroxylation is 1. The van der Waals surface area contributed by atoms with Crippen LogP contribution in [0.25, 0.3) is 0 Å². The van der Waals surface area contributed by atoms with E-state index in [1.807, 2.05) is 75.4 Å². The molecule has 0 saturated heterocycles. The van der Waals surface area contributed by atoms with Gasteiger partial charge in [0.15, 0.2) is 0 Å². The molecule has 2 aromatic rings. The van der Waals surface area contributed by atoms with E-state index in [1.165, 1.54) is 4.90 Å². The number of nitrogens with one attached hydrogen (secondary N) is 2. The molecule has 9 heteroatoms. The number of carbonyl (C=O) groups excluding carboxylic acids is 4. The Labute approximate surface area is 263 Å². The van der Waals surface area contributed by atoms with Gasteiger partial charge in [0.2, 0.25) is 11.8 Å². The fourth-order valence-corrected chi connectivity index (χ4v) is 4.61. The Morgan fingerprint density at radius 1 is 0.773 bits per heavy atom. The third-order valence-corrected chi connectivity index (χ3v) is 6.94. The van der Waals surface area contributed by atoms with Gasteiger partial charge in [0.1, 0.15) is 29.3 Å². The summed E-state index contributed by atoms with van der Waals surface area (Å²) in [5.41, 5.74) is 0.985. The molecule has 9 nitrogen and oxygen atoms in total. The molecule has 0 spiro atoms. The molecule has 2 N–H and O–H groups in total. The number of ether oxygens (including phenoxy) is 2. The summed E-state index contributed by atoms with van der Waals surface area (Å²) >= 11 is 0. The van der Waals surface area contributed by atoms with Crippen molar-refractivity contribution in [2.45, 2.75) is 124 Å². The first-order chi connectivity index (χ1) is 20.5. The number of alkyl carbamates (subject to hydrolysis) is 1. The fraction of sp³-hybridized carbons (Fsp3) is 0.543. The molecule has 242 valence electrons. The Morgan fingerprint density at radius 3 is 1.84 bits per heavy atom. The van der Waals surface area contributed by atoms with Crippen LogP contribution in [0, 0.1) is 0 Å². The van der Waals surface area contributed by atoms with Crippen molar-refractivity contribution >= 4 is 23.9 Å². The molecule has 0 fully saturated rings. The van der Waals surface area contributed by atoms with Gasteiger partial charge in [-0.25, -0.2) is 9.59 Å². The number of benzene rings is 2. The van der Waals surface area contributed by atoms with Crippen LogP contribution >= 0.6 is 0 Å². The number of rotatable bonds is 12. The smallest absolute Gasteiger partial charge is 0.408 e. The van der Waals surface area contributed by atoms with Crippen molar-refractivity contribution in [3.05, 3.63) is 71.3 Å². The average molecular weight is 610 g/mol. The van der Waals surface area contributed by atoms with E-state index in [1.54, 1.807) is 48.5 Å². The van der Waals surface area contributed by atoms with E-state index in [0.29, 0.717) is 12.0 Å². The monoisotopic (exact) mass is 609 g/mol. The van der Waals surface area contributed by atoms with Crippen LogP contribution < -0.4 is 10.6 Å². The largest absolute Gasteiger partial charge is 0.458 e. The molecule has 2 rings (SSSR count). The minimum atomic E-state index is -1.09. The van der Waals surface area contributed by atoms with Crippen LogP contribution in [-0.4, -0.2) is 58.1 Å². The Morgan fingerprint density at radius 2 is 1.34 bits per heavy atom. The molecule has 4 atom stereocenters. The number of nitrogens with zero attached hydrogens (tertiary/aromatic N) is 1. The molecule has 0 radical (unpaired) electrons. The van der Waals surface area contributed by atoms with Crippen molar-refractivity contribution in [3.8, 4) is 0 Å². The van der Waals surface area contributed by atoms with E-state index in [4.69, 9.17) is 9.47 Å². The quantitative estimate of drug-likeness (QED) is 0.290. The predicted octanol–water partition coefficient (Wildman–Crippen LogP) is 5.90. The summed E-state index contributed by atoms with van der Waals surface area (Å²) < 4.78 is 11.1. The van der Waals surface area contributed by atoms with Gasteiger partial charge in [-0.15, -0.1) is 0 Å². The predicted molar refractivity (Wildman–Crippen MR) is 172 cm³/mol. The number of amides is 3. The van der Waals surface area contributed by atoms with Gasteiger partial charge in [-0.3, -0.25) is 9.59 Å². The maximum absolute atomic E-state index is 14.3. The fourth-order valence-electron chi connectivity index (χ4n) is 4.61. The minimum absolute atomic E-state index is 0.205. The number of esters is 1. The summed E-state index contributed by atoms with van der Waals surface area (Å²) in [7, 11) is 0. The van der Waals surface area contributed by atoms with Crippen LogP contribution in [0.1, 0.15) is 98.4 Å². The summed E-state index contributed by atoms with van der Waals surface area (Å²) in [5.74, 6) is -1.56. The second-order valence-corrected chi connectivity index (χ2v) is 13.2. The lowest BCUT2D eigenvalue weighted by atomic mass is 9.97. The Balaban J connectivity index is 2.55. The van der Waals surface area contributed by atoms with E-state index in [0.717, 1.165) is 17.5 Å². The third-order valence-electron chi connectivity index (χ3n) is 6.94. The molecule has 2 aromatic carbocycles. The molecular weight excluding hydrogens is 558 g/mol. The number of hydrogen-bond donors (Lipinski definition) is 2. The minimum Gasteiger partial charge on any atom is -0.458 e. The summed E-state index contributed by atoms with van der Waals surface area (Å²) in [4.78, 5) is 55.9. The molecule has 0 aromatic heterocycles. The second-order valence-electron chi connectivity index (χ2n) is 13.2. The van der Waals surface area contributed by atoms with E-state index >= 15 is 0 Å². The normalized spacial score (nSPS) is 14.4. The highest BCUT2D eigenvalue weighted by atomic mass is 16.6. The molecule has 3 amide bonds. The average Bonchev–Trinajstić information content (AvgIpc) is 2.93. The summed E-state index contributed by atoms with van der Waals surface area (Å²) in [6, 6.07) is 13.4. The summed E-state index contributed by atoms with van der Waals surface area (Å²) in [6.07, 6.45) is 0.821. The first-order valence-corrected chi connectivity index (χ1v) is 15.4. The van der Waals surface area contributed by atoms with E-state index < -0.39 is 53.2 Å². The van der Waals surface area contributed by atoms with Gasteiger partial charge in [0.05, 0.1) is 0 Å². The SMILES string of the molecule is CCc1ccc(C(C(=O)NC(Cc2ccccc2)C(=O)OC(C)(C)C)N(C(=O)C(C)NC(=O)OC(C)(C)C)C(C)CC)cc1. The zero-order chi connectivity index (χ0) is 33.2. The van der Waals surface area contributed by atoms with Crippen molar-refractivity contribution in [2.24, 2.45) is 0 Å². The maximum atomic E-state index is 14.3. The molecule has 0 bridgehead atoms. The van der Waals surface area contributed by atoms with Crippen molar-refractivity contribution in [1.82, 2.24) is 15.5 Å². The lowest BCUT2D eigenvalue weighted by Crippen LogP contribution is -2.56. The van der Waals surface area contributed by atoms with Gasteiger partial charge in [-0.1, -0.05) is 68.4 Å². The van der Waals surface area contributed by atoms with Crippen molar-refractivity contribution < 1.29 is 28.7 Å². The van der Waals surface area contributed by atoms with Gasteiger partial charge < -0.3 is 25.0 Å². The van der Waals surface area contributed by atoms with Crippen LogP contribution in [-0.2, 0) is 36.7 Å². The molecule has 0 heterocycles. The molecule has 4 unspecified atom stereocenters. The first kappa shape index (κ1) is 36.3. The zero-order valence-corrected chi connectivity index (χ0v) is 28.0. The lowest BCUT2D eigenvalue weighted by molar-refractivity contribution is -0.159. The van der Waals surface area contributed by atoms with Crippen LogP contribution in [0.2, 0.25) is 0 Å². The van der Waals surface area contributed by atoms with Crippen LogP contribution in [0.3, 0.4) is 0 Å². The van der Waals surface area contributed by atoms with Gasteiger partial charge in [0.25, 0.3) is 0 Å². The zero-order valence-electron chi connectivity index (χ0n) is 28.0. The van der Waals surface area contributed by atoms with Crippen LogP contribution in [0.15, 0.2) is 54.6 Å². The maximum Gasteiger partial charge on any atom is 0.408 e. The number of hydrogen-bond acceptors (Lipinski definition) is 6. The Kier molecular flexibility index (Phi) is 13.0. The lowest BCUT2D eigenvalue weighted by Gasteiger charge is -2.38. The van der Waals surface area contributed by atoms with Gasteiger partial charge in [0, 0.05) is 12.5 Å². The highest BCUT2D eigenvalue weighted by Crippen LogP contribution is 2.27. The first-order valence-electron chi connectivity index (χ1n) is 15.4. The second kappa shape index (κ2) is 15.7. The third kappa shape index (κ3) is 11.3. The molecular formula is C35H51N3O6. The van der Waals surface area contributed by atoms with Crippen LogP contribution in [0.5, 0.6) is 0 Å². The van der Waals surface area contributed by atoms with Gasteiger partial charge >= 0.3 is 12.1 Å². The van der Waals surface area contributed by atoms with E-state index in [2.05, 4.69) is 10.6 Å². The van der Waals surface area contributed by atoms with E-state index in [9.17, 15) is 19.2 Å². The molecule has 0 aliphatic carbocycles.